The van der Waals surface area contributed by atoms with Crippen LogP contribution in [-0.4, -0.2) is 24.4 Å². The fourth-order valence-electron chi connectivity index (χ4n) is 2.82. The van der Waals surface area contributed by atoms with Crippen LogP contribution in [0.25, 0.3) is 0 Å². The van der Waals surface area contributed by atoms with E-state index in [1.165, 1.54) is 6.92 Å². The summed E-state index contributed by atoms with van der Waals surface area (Å²) in [7, 11) is 0. The first-order valence-electron chi connectivity index (χ1n) is 8.08. The maximum Gasteiger partial charge on any atom is 0.314 e. The van der Waals surface area contributed by atoms with Gasteiger partial charge in [0, 0.05) is 19.2 Å². The summed E-state index contributed by atoms with van der Waals surface area (Å²) in [6.45, 7) is 2.06. The van der Waals surface area contributed by atoms with Crippen LogP contribution in [0.5, 0.6) is 5.75 Å². The first-order valence-corrected chi connectivity index (χ1v) is 8.08. The highest BCUT2D eigenvalue weighted by molar-refractivity contribution is 5.88. The normalized spacial score (nSPS) is 19.2. The first-order chi connectivity index (χ1) is 11.4. The first kappa shape index (κ1) is 20.8. The number of carbonyl (C=O) groups is 2. The number of amides is 1. The van der Waals surface area contributed by atoms with Crippen molar-refractivity contribution in [3.63, 3.8) is 0 Å². The van der Waals surface area contributed by atoms with E-state index in [-0.39, 0.29) is 36.2 Å². The van der Waals surface area contributed by atoms with Crippen LogP contribution in [0.4, 0.5) is 5.69 Å². The molecule has 1 aliphatic rings. The predicted molar refractivity (Wildman–Crippen MR) is 99.8 cm³/mol. The second kappa shape index (κ2) is 9.88. The molecule has 0 atom stereocenters. The largest absolute Gasteiger partial charge is 0.426 e. The van der Waals surface area contributed by atoms with Crippen LogP contribution in [0.3, 0.4) is 0 Å². The number of nitrogens with two attached hydrogens (primary N) is 2. The van der Waals surface area contributed by atoms with Gasteiger partial charge in [0.25, 0.3) is 0 Å². The fourth-order valence-corrected chi connectivity index (χ4v) is 2.82. The summed E-state index contributed by atoms with van der Waals surface area (Å²) in [5, 5.41) is 2.67. The van der Waals surface area contributed by atoms with E-state index in [9.17, 15) is 9.59 Å². The zero-order valence-electron chi connectivity index (χ0n) is 14.2. The molecule has 0 aliphatic heterocycles. The monoisotopic (exact) mass is 368 g/mol. The highest BCUT2D eigenvalue weighted by Crippen LogP contribution is 2.30. The number of benzene rings is 1. The van der Waals surface area contributed by atoms with Gasteiger partial charge in [-0.15, -0.1) is 12.4 Å². The Kier molecular flexibility index (Phi) is 8.21. The summed E-state index contributed by atoms with van der Waals surface area (Å²) >= 11 is 0. The maximum absolute atomic E-state index is 12.2. The molecule has 0 radical (unpaired) electrons. The minimum atomic E-state index is -0.206. The molecule has 1 fully saturated rings. The van der Waals surface area contributed by atoms with E-state index >= 15 is 0 Å². The average molecular weight is 369 g/mol. The summed E-state index contributed by atoms with van der Waals surface area (Å²) in [4.78, 5) is 27.3. The zero-order valence-corrected chi connectivity index (χ0v) is 15.1. The average Bonchev–Trinajstić information content (AvgIpc) is 2.54. The molecule has 5 N–H and O–H groups in total. The molecule has 138 valence electrons. The van der Waals surface area contributed by atoms with E-state index in [1.807, 2.05) is 0 Å². The summed E-state index contributed by atoms with van der Waals surface area (Å²) in [6.07, 6.45) is 3.40. The molecule has 1 aromatic rings. The number of carbonyl (C=O) groups excluding carboxylic acids is 2. The molecule has 7 nitrogen and oxygen atoms in total. The highest BCUT2D eigenvalue weighted by atomic mass is 35.5. The van der Waals surface area contributed by atoms with Crippen molar-refractivity contribution in [2.75, 3.05) is 11.9 Å². The lowest BCUT2D eigenvalue weighted by Crippen LogP contribution is -2.28. The third kappa shape index (κ3) is 7.01. The second-order valence-electron chi connectivity index (χ2n) is 6.11. The highest BCUT2D eigenvalue weighted by Gasteiger charge is 2.27. The van der Waals surface area contributed by atoms with Crippen LogP contribution in [0.15, 0.2) is 29.3 Å². The topological polar surface area (TPSA) is 120 Å². The van der Waals surface area contributed by atoms with E-state index in [1.54, 1.807) is 24.3 Å². The molecule has 1 aliphatic carbocycles. The number of halogens is 1. The van der Waals surface area contributed by atoms with Crippen LogP contribution >= 0.6 is 12.4 Å². The van der Waals surface area contributed by atoms with Crippen molar-refractivity contribution in [3.8, 4) is 5.75 Å². The van der Waals surface area contributed by atoms with Crippen molar-refractivity contribution >= 4 is 35.9 Å². The molecule has 1 saturated carbocycles. The lowest BCUT2D eigenvalue weighted by molar-refractivity contribution is -0.140. The number of anilines is 1. The van der Waals surface area contributed by atoms with E-state index in [0.717, 1.165) is 25.7 Å². The van der Waals surface area contributed by atoms with Crippen LogP contribution in [0.1, 0.15) is 32.6 Å². The molecular weight excluding hydrogens is 344 g/mol. The number of nitrogens with zero attached hydrogens (tertiary/aromatic N) is 1. The van der Waals surface area contributed by atoms with Gasteiger partial charge in [-0.2, -0.15) is 0 Å². The number of ether oxygens (including phenoxy) is 1. The molecule has 1 aromatic carbocycles. The third-order valence-electron chi connectivity index (χ3n) is 4.11. The van der Waals surface area contributed by atoms with Crippen molar-refractivity contribution in [3.05, 3.63) is 24.3 Å². The minimum Gasteiger partial charge on any atom is -0.426 e. The summed E-state index contributed by atoms with van der Waals surface area (Å²) < 4.78 is 5.43. The van der Waals surface area contributed by atoms with Gasteiger partial charge in [0.05, 0.1) is 5.92 Å². The lowest BCUT2D eigenvalue weighted by Gasteiger charge is -2.26. The number of rotatable bonds is 5. The summed E-state index contributed by atoms with van der Waals surface area (Å²) in [6, 6.07) is 6.76. The molecule has 1 amide bonds. The maximum atomic E-state index is 12.2. The number of guanidine groups is 1. The third-order valence-corrected chi connectivity index (χ3v) is 4.11. The number of nitrogens with one attached hydrogen (secondary N) is 1. The second-order valence-corrected chi connectivity index (χ2v) is 6.11. The molecule has 8 heteroatoms. The predicted octanol–water partition coefficient (Wildman–Crippen LogP) is 2.05. The summed E-state index contributed by atoms with van der Waals surface area (Å²) in [5.74, 6) is 0.583. The number of hydrogen-bond acceptors (Lipinski definition) is 4. The smallest absolute Gasteiger partial charge is 0.314 e. The van der Waals surface area contributed by atoms with E-state index in [2.05, 4.69) is 10.3 Å². The Morgan fingerprint density at radius 1 is 1.16 bits per heavy atom. The molecular formula is C17H25ClN4O3. The van der Waals surface area contributed by atoms with Crippen molar-refractivity contribution in [2.45, 2.75) is 32.6 Å². The Bertz CT molecular complexity index is 607. The SMILES string of the molecule is CC(=O)Nc1ccc(OC(=O)C2CCC(CN=C(N)N)CC2)cc1.Cl. The molecule has 0 bridgehead atoms. The van der Waals surface area contributed by atoms with Gasteiger partial charge >= 0.3 is 5.97 Å². The number of hydrogen-bond donors (Lipinski definition) is 3. The standard InChI is InChI=1S/C17H24N4O3.ClH/c1-11(22)21-14-6-8-15(9-7-14)24-16(23)13-4-2-12(3-5-13)10-20-17(18)19;/h6-9,12-13H,2-5,10H2,1H3,(H,21,22)(H4,18,19,20);1H. The molecule has 0 aromatic heterocycles. The van der Waals surface area contributed by atoms with Gasteiger partial charge < -0.3 is 21.5 Å². The summed E-state index contributed by atoms with van der Waals surface area (Å²) in [5.41, 5.74) is 11.3. The van der Waals surface area contributed by atoms with Crippen LogP contribution < -0.4 is 21.5 Å². The minimum absolute atomic E-state index is 0. The Morgan fingerprint density at radius 2 is 1.76 bits per heavy atom. The van der Waals surface area contributed by atoms with E-state index < -0.39 is 0 Å². The molecule has 2 rings (SSSR count). The Morgan fingerprint density at radius 3 is 2.28 bits per heavy atom. The van der Waals surface area contributed by atoms with Crippen molar-refractivity contribution in [1.29, 1.82) is 0 Å². The van der Waals surface area contributed by atoms with Gasteiger partial charge in [-0.05, 0) is 55.9 Å². The van der Waals surface area contributed by atoms with Gasteiger partial charge in [0.1, 0.15) is 5.75 Å². The van der Waals surface area contributed by atoms with Gasteiger partial charge in [0.2, 0.25) is 5.91 Å². The number of esters is 1. The van der Waals surface area contributed by atoms with Gasteiger partial charge in [0.15, 0.2) is 5.96 Å². The van der Waals surface area contributed by atoms with E-state index in [0.29, 0.717) is 23.9 Å². The van der Waals surface area contributed by atoms with Crippen molar-refractivity contribution < 1.29 is 14.3 Å². The van der Waals surface area contributed by atoms with E-state index in [4.69, 9.17) is 16.2 Å². The Hall–Kier alpha value is -2.28. The Labute approximate surface area is 153 Å². The number of aliphatic imine (C=N–C) groups is 1. The van der Waals surface area contributed by atoms with Crippen molar-refractivity contribution in [1.82, 2.24) is 0 Å². The van der Waals surface area contributed by atoms with Crippen LogP contribution in [0, 0.1) is 11.8 Å². The van der Waals surface area contributed by atoms with Gasteiger partial charge in [-0.1, -0.05) is 0 Å². The van der Waals surface area contributed by atoms with Crippen LogP contribution in [0.2, 0.25) is 0 Å². The molecule has 0 unspecified atom stereocenters. The van der Waals surface area contributed by atoms with Crippen molar-refractivity contribution in [2.24, 2.45) is 28.3 Å². The molecule has 0 saturated heterocycles. The lowest BCUT2D eigenvalue weighted by atomic mass is 9.82. The molecule has 25 heavy (non-hydrogen) atoms. The van der Waals surface area contributed by atoms with Gasteiger partial charge in [-0.3, -0.25) is 14.6 Å². The molecule has 0 heterocycles. The van der Waals surface area contributed by atoms with Gasteiger partial charge in [-0.25, -0.2) is 0 Å². The Balaban J connectivity index is 0.00000312. The fraction of sp³-hybridized carbons (Fsp3) is 0.471. The molecule has 0 spiro atoms. The van der Waals surface area contributed by atoms with Crippen LogP contribution in [-0.2, 0) is 9.59 Å². The zero-order chi connectivity index (χ0) is 17.5. The quantitative estimate of drug-likeness (QED) is 0.318.